The van der Waals surface area contributed by atoms with Crippen molar-refractivity contribution in [3.63, 3.8) is 0 Å². The smallest absolute Gasteiger partial charge is 0.356 e. The summed E-state index contributed by atoms with van der Waals surface area (Å²) in [6, 6.07) is 15.9. The Hall–Kier alpha value is -3.54. The Bertz CT molecular complexity index is 1650. The lowest BCUT2D eigenvalue weighted by Crippen LogP contribution is -2.16. The van der Waals surface area contributed by atoms with Crippen LogP contribution in [0.2, 0.25) is 0 Å². The summed E-state index contributed by atoms with van der Waals surface area (Å²) in [7, 11) is 0. The van der Waals surface area contributed by atoms with Crippen LogP contribution in [0.3, 0.4) is 0 Å². The first-order valence-electron chi connectivity index (χ1n) is 10.9. The summed E-state index contributed by atoms with van der Waals surface area (Å²) in [5.74, 6) is -0.384. The summed E-state index contributed by atoms with van der Waals surface area (Å²) >= 11 is 3.97. The van der Waals surface area contributed by atoms with Gasteiger partial charge in [-0.3, -0.25) is 4.68 Å². The van der Waals surface area contributed by atoms with Gasteiger partial charge in [-0.25, -0.2) is 4.79 Å². The van der Waals surface area contributed by atoms with Gasteiger partial charge < -0.3 is 4.74 Å². The molecule has 0 fully saturated rings. The molecule has 11 heteroatoms. The average molecular weight is 519 g/mol. The fourth-order valence-corrected chi connectivity index (χ4v) is 5.83. The maximum absolute atomic E-state index is 13.3. The number of carbonyl (C=O) groups is 1. The fraction of sp³-hybridized carbons (Fsp3) is 0.167. The number of carbonyl (C=O) groups excluding carboxylic acids is 1. The van der Waals surface area contributed by atoms with E-state index in [2.05, 4.69) is 17.5 Å². The van der Waals surface area contributed by atoms with Crippen LogP contribution < -0.4 is 0 Å². The molecular weight excluding hydrogens is 501 g/mol. The Morgan fingerprint density at radius 2 is 1.60 bits per heavy atom. The van der Waals surface area contributed by atoms with Gasteiger partial charge in [0.15, 0.2) is 5.69 Å². The van der Waals surface area contributed by atoms with Crippen LogP contribution >= 0.6 is 34.8 Å². The molecule has 0 aliphatic heterocycles. The maximum Gasteiger partial charge on any atom is 0.356 e. The predicted octanol–water partition coefficient (Wildman–Crippen LogP) is 5.44. The zero-order valence-electron chi connectivity index (χ0n) is 18.5. The van der Waals surface area contributed by atoms with Crippen LogP contribution in [0.25, 0.3) is 32.6 Å². The quantitative estimate of drug-likeness (QED) is 0.260. The van der Waals surface area contributed by atoms with Crippen molar-refractivity contribution in [1.82, 2.24) is 27.3 Å². The Kier molecular flexibility index (Phi) is 5.80. The normalized spacial score (nSPS) is 11.5. The summed E-state index contributed by atoms with van der Waals surface area (Å²) in [6.07, 6.45) is 0.518. The second kappa shape index (κ2) is 9.25. The van der Waals surface area contributed by atoms with Crippen molar-refractivity contribution < 1.29 is 9.53 Å². The molecule has 35 heavy (non-hydrogen) atoms. The minimum atomic E-state index is -0.384. The number of hydrogen-bond acceptors (Lipinski definition) is 10. The van der Waals surface area contributed by atoms with Crippen LogP contribution in [0.15, 0.2) is 53.9 Å². The van der Waals surface area contributed by atoms with Gasteiger partial charge in [-0.2, -0.15) is 22.6 Å². The summed E-state index contributed by atoms with van der Waals surface area (Å²) in [5.41, 5.74) is 7.51. The topological polar surface area (TPSA) is 95.7 Å². The molecule has 2 aromatic carbocycles. The van der Waals surface area contributed by atoms with Crippen LogP contribution in [-0.4, -0.2) is 39.9 Å². The highest BCUT2D eigenvalue weighted by molar-refractivity contribution is 7.13. The monoisotopic (exact) mass is 518 g/mol. The molecule has 0 unspecified atom stereocenters. The van der Waals surface area contributed by atoms with E-state index < -0.39 is 0 Å². The molecule has 0 radical (unpaired) electrons. The number of rotatable bonds is 7. The van der Waals surface area contributed by atoms with E-state index in [-0.39, 0.29) is 12.6 Å². The predicted molar refractivity (Wildman–Crippen MR) is 138 cm³/mol. The first kappa shape index (κ1) is 22.0. The van der Waals surface area contributed by atoms with E-state index in [0.29, 0.717) is 18.7 Å². The van der Waals surface area contributed by atoms with Gasteiger partial charge in [-0.1, -0.05) is 18.2 Å². The molecule has 0 aliphatic rings. The van der Waals surface area contributed by atoms with E-state index in [1.165, 1.54) is 23.5 Å². The SMILES string of the molecule is CCOC(=O)c1c(Cc2ccc3nsnc3c2)c(-c2cccs2)nn1Cc1ccc2nsnc2c1. The molecule has 4 aromatic heterocycles. The molecule has 6 aromatic rings. The number of fused-ring (bicyclic) bond motifs is 2. The number of ether oxygens (including phenoxy) is 1. The van der Waals surface area contributed by atoms with Crippen molar-refractivity contribution in [1.29, 1.82) is 0 Å². The molecule has 0 saturated carbocycles. The van der Waals surface area contributed by atoms with Crippen molar-refractivity contribution in [3.8, 4) is 10.6 Å². The van der Waals surface area contributed by atoms with Crippen molar-refractivity contribution in [2.75, 3.05) is 6.61 Å². The highest BCUT2D eigenvalue weighted by Crippen LogP contribution is 2.32. The van der Waals surface area contributed by atoms with Crippen LogP contribution in [0.5, 0.6) is 0 Å². The lowest BCUT2D eigenvalue weighted by Gasteiger charge is -2.10. The molecule has 0 saturated heterocycles. The minimum absolute atomic E-state index is 0.282. The fourth-order valence-electron chi connectivity index (χ4n) is 4.06. The van der Waals surface area contributed by atoms with Gasteiger partial charge in [0, 0.05) is 12.0 Å². The zero-order valence-corrected chi connectivity index (χ0v) is 21.0. The molecule has 0 spiro atoms. The zero-order chi connectivity index (χ0) is 23.8. The number of nitrogens with zero attached hydrogens (tertiary/aromatic N) is 6. The lowest BCUT2D eigenvalue weighted by molar-refractivity contribution is 0.0511. The maximum atomic E-state index is 13.3. The van der Waals surface area contributed by atoms with Crippen LogP contribution in [0, 0.1) is 0 Å². The standard InChI is InChI=1S/C24H18N6O2S3/c1-2-32-24(31)23-16(10-14-5-7-17-19(11-14)28-34-26-17)22(21-4-3-9-33-21)25-30(23)13-15-6-8-18-20(12-15)29-35-27-18/h3-9,11-12H,2,10,13H2,1H3. The van der Waals surface area contributed by atoms with Gasteiger partial charge in [0.2, 0.25) is 0 Å². The molecule has 8 nitrogen and oxygen atoms in total. The van der Waals surface area contributed by atoms with Gasteiger partial charge >= 0.3 is 5.97 Å². The van der Waals surface area contributed by atoms with Crippen LogP contribution in [0.4, 0.5) is 0 Å². The van der Waals surface area contributed by atoms with Gasteiger partial charge in [-0.05, 0) is 53.8 Å². The highest BCUT2D eigenvalue weighted by atomic mass is 32.1. The summed E-state index contributed by atoms with van der Waals surface area (Å²) in [6.45, 7) is 2.50. The summed E-state index contributed by atoms with van der Waals surface area (Å²) in [5, 5.41) is 6.95. The van der Waals surface area contributed by atoms with Crippen molar-refractivity contribution in [3.05, 3.63) is 76.3 Å². The third-order valence-electron chi connectivity index (χ3n) is 5.62. The van der Waals surface area contributed by atoms with Gasteiger partial charge in [-0.15, -0.1) is 11.3 Å². The first-order valence-corrected chi connectivity index (χ1v) is 13.3. The lowest BCUT2D eigenvalue weighted by atomic mass is 10.0. The Labute approximate surface area is 212 Å². The molecule has 174 valence electrons. The van der Waals surface area contributed by atoms with Crippen molar-refractivity contribution in [2.45, 2.75) is 19.9 Å². The van der Waals surface area contributed by atoms with E-state index in [1.807, 2.05) is 60.8 Å². The number of thiophene rings is 1. The summed E-state index contributed by atoms with van der Waals surface area (Å²) < 4.78 is 24.5. The number of esters is 1. The molecular formula is C24H18N6O2S3. The largest absolute Gasteiger partial charge is 0.461 e. The first-order chi connectivity index (χ1) is 17.2. The Morgan fingerprint density at radius 1 is 0.914 bits per heavy atom. The average Bonchev–Trinajstić information content (AvgIpc) is 3.65. The Morgan fingerprint density at radius 3 is 2.29 bits per heavy atom. The molecule has 0 aliphatic carbocycles. The molecule has 4 heterocycles. The van der Waals surface area contributed by atoms with E-state index >= 15 is 0 Å². The Balaban J connectivity index is 1.48. The molecule has 0 bridgehead atoms. The number of aromatic nitrogens is 6. The number of benzene rings is 2. The highest BCUT2D eigenvalue weighted by Gasteiger charge is 2.26. The molecule has 0 amide bonds. The van der Waals surface area contributed by atoms with Crippen molar-refractivity contribution in [2.24, 2.45) is 0 Å². The summed E-state index contributed by atoms with van der Waals surface area (Å²) in [4.78, 5) is 14.3. The van der Waals surface area contributed by atoms with E-state index in [4.69, 9.17) is 9.84 Å². The van der Waals surface area contributed by atoms with E-state index in [0.717, 1.165) is 49.3 Å². The second-order valence-electron chi connectivity index (χ2n) is 7.88. The third-order valence-corrected chi connectivity index (χ3v) is 7.61. The molecule has 0 N–H and O–H groups in total. The third kappa shape index (κ3) is 4.22. The second-order valence-corrected chi connectivity index (χ2v) is 9.89. The van der Waals surface area contributed by atoms with E-state index in [1.54, 1.807) is 16.0 Å². The molecule has 0 atom stereocenters. The minimum Gasteiger partial charge on any atom is -0.461 e. The number of hydrogen-bond donors (Lipinski definition) is 0. The van der Waals surface area contributed by atoms with E-state index in [9.17, 15) is 4.79 Å². The van der Waals surface area contributed by atoms with Crippen LogP contribution in [0.1, 0.15) is 34.1 Å². The van der Waals surface area contributed by atoms with Crippen LogP contribution in [-0.2, 0) is 17.7 Å². The van der Waals surface area contributed by atoms with Gasteiger partial charge in [0.25, 0.3) is 0 Å². The van der Waals surface area contributed by atoms with Gasteiger partial charge in [0.1, 0.15) is 27.8 Å². The van der Waals surface area contributed by atoms with Crippen molar-refractivity contribution >= 4 is 62.8 Å². The molecule has 6 rings (SSSR count). The van der Waals surface area contributed by atoms with Gasteiger partial charge in [0.05, 0.1) is 41.5 Å².